The molecule has 0 amide bonds. The van der Waals surface area contributed by atoms with Crippen LogP contribution in [0.15, 0.2) is 0 Å². The third kappa shape index (κ3) is 176. The Morgan fingerprint density at radius 1 is 0.560 bits per heavy atom. The molecule has 0 heterocycles. The van der Waals surface area contributed by atoms with Gasteiger partial charge in [-0.3, -0.25) is 0 Å². The third-order valence-corrected chi connectivity index (χ3v) is 1.50. The van der Waals surface area contributed by atoms with Gasteiger partial charge in [0.25, 0.3) is 0 Å². The van der Waals surface area contributed by atoms with Crippen molar-refractivity contribution in [2.75, 3.05) is 0 Å². The average molecular weight is 559 g/mol. The van der Waals surface area contributed by atoms with Gasteiger partial charge in [0.1, 0.15) is 0 Å². The van der Waals surface area contributed by atoms with Gasteiger partial charge < -0.3 is 20.4 Å². The molecule has 8 N–H and O–H groups in total. The van der Waals surface area contributed by atoms with E-state index in [1.54, 1.807) is 27.7 Å². The molecule has 25 heavy (non-hydrogen) atoms. The molecule has 0 fully saturated rings. The van der Waals surface area contributed by atoms with Gasteiger partial charge in [0.05, 0.1) is 0 Å². The molecule has 0 aliphatic heterocycles. The van der Waals surface area contributed by atoms with Gasteiger partial charge in [-0.15, -0.1) is 0 Å². The van der Waals surface area contributed by atoms with Gasteiger partial charge in [-0.05, 0) is 0 Å². The Morgan fingerprint density at radius 3 is 0.600 bits per heavy atom. The summed E-state index contributed by atoms with van der Waals surface area (Å²) in [6.45, 7) is 11.1. The van der Waals surface area contributed by atoms with Gasteiger partial charge in [-0.1, -0.05) is 50.0 Å². The molecule has 10 heteroatoms. The van der Waals surface area contributed by atoms with Crippen molar-refractivity contribution in [2.24, 2.45) is 0 Å². The molecule has 0 bridgehead atoms. The van der Waals surface area contributed by atoms with Crippen molar-refractivity contribution in [3.63, 3.8) is 0 Å². The van der Waals surface area contributed by atoms with Crippen LogP contribution in [-0.4, -0.2) is 44.8 Å². The summed E-state index contributed by atoms with van der Waals surface area (Å²) in [7, 11) is 0. The molecule has 0 aliphatic carbocycles. The van der Waals surface area contributed by atoms with Crippen LogP contribution in [0.3, 0.4) is 0 Å². The van der Waals surface area contributed by atoms with Crippen LogP contribution in [-0.2, 0) is 48.4 Å². The van der Waals surface area contributed by atoms with E-state index in [0.717, 1.165) is 0 Å². The summed E-state index contributed by atoms with van der Waals surface area (Å²) in [4.78, 5) is 0. The number of hydrogen-bond donors (Lipinski definition) is 0. The molecule has 4 unspecified atom stereocenters. The summed E-state index contributed by atoms with van der Waals surface area (Å²) in [6, 6.07) is 0. The maximum absolute atomic E-state index is 8.46. The van der Waals surface area contributed by atoms with Gasteiger partial charge in [-0.25, -0.2) is 0 Å². The van der Waals surface area contributed by atoms with E-state index in [9.17, 15) is 0 Å². The van der Waals surface area contributed by atoms with Gasteiger partial charge >= 0.3 is 48.4 Å². The Hall–Kier alpha value is 0.287. The van der Waals surface area contributed by atoms with Gasteiger partial charge in [0.15, 0.2) is 0 Å². The molecular weight excluding hydrogens is 510 g/mol. The van der Waals surface area contributed by atoms with Crippen LogP contribution in [0.2, 0.25) is 0 Å². The van der Waals surface area contributed by atoms with Crippen LogP contribution < -0.4 is 0 Å². The van der Waals surface area contributed by atoms with Crippen molar-refractivity contribution < 1.29 is 68.8 Å². The summed E-state index contributed by atoms with van der Waals surface area (Å²) in [5, 5.41) is 27.4. The molecular formula is C15H48O8Ru2+4. The van der Waals surface area contributed by atoms with Crippen molar-refractivity contribution in [1.82, 2.24) is 0 Å². The van der Waals surface area contributed by atoms with Gasteiger partial charge in [0.2, 0.25) is 24.4 Å². The molecule has 0 aromatic rings. The van der Waals surface area contributed by atoms with Crippen LogP contribution in [0.5, 0.6) is 0 Å². The second-order valence-corrected chi connectivity index (χ2v) is 4.56. The maximum atomic E-state index is 8.46. The second kappa shape index (κ2) is 56.4. The summed E-state index contributed by atoms with van der Waals surface area (Å²) in [6.07, 6.45) is 0.324. The van der Waals surface area contributed by atoms with Crippen molar-refractivity contribution in [1.29, 1.82) is 0 Å². The SMILES string of the molecule is C.C.C.C.CC([OH2+])C(C)[OH2+].CC([OH2+])C(C)[OH2+].CCC.[O]=[Ru]=[O].[O]=[Ru]=[O]. The molecule has 4 atom stereocenters. The minimum atomic E-state index is -1.79. The first-order valence-corrected chi connectivity index (χ1v) is 8.96. The number of hydrogen-bond acceptors (Lipinski definition) is 4. The van der Waals surface area contributed by atoms with Crippen molar-refractivity contribution in [3.8, 4) is 0 Å². The predicted octanol–water partition coefficient (Wildman–Crippen LogP) is 1.91. The van der Waals surface area contributed by atoms with Gasteiger partial charge in [-0.2, -0.15) is 0 Å². The van der Waals surface area contributed by atoms with E-state index in [2.05, 4.69) is 13.8 Å². The molecule has 8 nitrogen and oxygen atoms in total. The fourth-order valence-electron chi connectivity index (χ4n) is 0. The summed E-state index contributed by atoms with van der Waals surface area (Å²) < 4.78 is 33.9. The van der Waals surface area contributed by atoms with Crippen LogP contribution >= 0.6 is 0 Å². The topological polar surface area (TPSA) is 160 Å². The Kier molecular flexibility index (Phi) is 127. The standard InChI is InChI=1S/2C4H10O2.C3H8.4CH4.4O.2Ru/c2*1-3(5)4(2)6;1-3-2;;;;;;;;;;/h2*3-6H,1-2H3;3H2,1-2H3;4*1H4;;;;;;/p+4. The van der Waals surface area contributed by atoms with Crippen LogP contribution in [0.4, 0.5) is 0 Å². The van der Waals surface area contributed by atoms with E-state index in [4.69, 9.17) is 34.7 Å². The summed E-state index contributed by atoms with van der Waals surface area (Å²) in [5.74, 6) is 0. The minimum absolute atomic E-state index is 0. The predicted molar refractivity (Wildman–Crippen MR) is 97.9 cm³/mol. The first-order chi connectivity index (χ1) is 9.53. The zero-order valence-electron chi connectivity index (χ0n) is 13.4. The van der Waals surface area contributed by atoms with E-state index in [1.165, 1.54) is 6.42 Å². The molecule has 0 rings (SSSR count). The first-order valence-electron chi connectivity index (χ1n) is 6.12. The van der Waals surface area contributed by atoms with Crippen LogP contribution in [0.1, 0.15) is 77.7 Å². The van der Waals surface area contributed by atoms with E-state index in [0.29, 0.717) is 0 Å². The molecule has 0 radical (unpaired) electrons. The molecule has 0 aliphatic rings. The Balaban J connectivity index is -0.0000000183. The van der Waals surface area contributed by atoms with Crippen LogP contribution in [0, 0.1) is 0 Å². The third-order valence-electron chi connectivity index (χ3n) is 1.50. The zero-order valence-corrected chi connectivity index (χ0v) is 16.8. The van der Waals surface area contributed by atoms with E-state index < -0.39 is 34.1 Å². The van der Waals surface area contributed by atoms with Gasteiger partial charge in [0, 0.05) is 27.7 Å². The fourth-order valence-corrected chi connectivity index (χ4v) is 0. The normalized spacial score (nSPS) is 11.6. The fraction of sp³-hybridized carbons (Fsp3) is 1.00. The van der Waals surface area contributed by atoms with E-state index >= 15 is 0 Å². The quantitative estimate of drug-likeness (QED) is 0.374. The second-order valence-electron chi connectivity index (χ2n) is 3.98. The molecule has 0 aromatic heterocycles. The average Bonchev–Trinajstić information content (AvgIpc) is 2.32. The Labute approximate surface area is 170 Å². The molecule has 168 valence electrons. The molecule has 0 aromatic carbocycles. The van der Waals surface area contributed by atoms with Crippen molar-refractivity contribution in [2.45, 2.75) is 102 Å². The summed E-state index contributed by atoms with van der Waals surface area (Å²) in [5.41, 5.74) is 0. The zero-order chi connectivity index (χ0) is 18.4. The molecule has 0 spiro atoms. The van der Waals surface area contributed by atoms with Crippen LogP contribution in [0.25, 0.3) is 0 Å². The Morgan fingerprint density at radius 2 is 0.600 bits per heavy atom. The number of rotatable bonds is 2. The van der Waals surface area contributed by atoms with Crippen molar-refractivity contribution >= 4 is 0 Å². The first kappa shape index (κ1) is 56.2. The van der Waals surface area contributed by atoms with Crippen molar-refractivity contribution in [3.05, 3.63) is 0 Å². The molecule has 0 saturated heterocycles. The van der Waals surface area contributed by atoms with E-state index in [1.807, 2.05) is 0 Å². The molecule has 0 saturated carbocycles. The van der Waals surface area contributed by atoms with E-state index in [-0.39, 0.29) is 54.1 Å². The Bertz CT molecular complexity index is 200. The monoisotopic (exact) mass is 560 g/mol. The summed E-state index contributed by atoms with van der Waals surface area (Å²) >= 11 is -3.58.